The van der Waals surface area contributed by atoms with Crippen molar-refractivity contribution in [3.8, 4) is 0 Å². The van der Waals surface area contributed by atoms with Crippen molar-refractivity contribution in [1.29, 1.82) is 0 Å². The average Bonchev–Trinajstić information content (AvgIpc) is 2.12. The number of ether oxygens (including phenoxy) is 1. The van der Waals surface area contributed by atoms with Crippen molar-refractivity contribution in [3.05, 3.63) is 0 Å². The second kappa shape index (κ2) is 9.32. The quantitative estimate of drug-likeness (QED) is 0.445. The first kappa shape index (κ1) is 13.8. The monoisotopic (exact) mass is 220 g/mol. The smallest absolute Gasteiger partial charge is 0.404 e. The maximum absolute atomic E-state index is 10.6. The third-order valence-electron chi connectivity index (χ3n) is 2.25. The van der Waals surface area contributed by atoms with Gasteiger partial charge >= 0.3 is 5.43 Å². The van der Waals surface area contributed by atoms with Crippen LogP contribution in [-0.4, -0.2) is 11.5 Å². The molecule has 0 bridgehead atoms. The van der Waals surface area contributed by atoms with Crippen LogP contribution in [0.2, 0.25) is 0 Å². The maximum atomic E-state index is 10.6. The van der Waals surface area contributed by atoms with Crippen LogP contribution in [-0.2, 0) is 4.74 Å². The van der Waals surface area contributed by atoms with Crippen molar-refractivity contribution in [2.24, 2.45) is 0 Å². The van der Waals surface area contributed by atoms with Crippen LogP contribution in [0.5, 0.6) is 0 Å². The molecule has 14 heavy (non-hydrogen) atoms. The van der Waals surface area contributed by atoms with Gasteiger partial charge in [0, 0.05) is 11.6 Å². The number of carbonyl (C=O) groups is 1. The Morgan fingerprint density at radius 2 is 1.86 bits per heavy atom. The van der Waals surface area contributed by atoms with E-state index < -0.39 is 5.43 Å². The minimum atomic E-state index is -0.668. The molecular formula is C11H21ClO2. The lowest BCUT2D eigenvalue weighted by Crippen LogP contribution is -2.14. The largest absolute Gasteiger partial charge is 0.450 e. The van der Waals surface area contributed by atoms with Gasteiger partial charge in [-0.15, -0.1) is 0 Å². The molecule has 0 N–H and O–H groups in total. The Morgan fingerprint density at radius 1 is 1.14 bits per heavy atom. The summed E-state index contributed by atoms with van der Waals surface area (Å²) in [6.07, 6.45) is 7.77. The number of halogens is 1. The highest BCUT2D eigenvalue weighted by Gasteiger charge is 2.11. The van der Waals surface area contributed by atoms with Crippen molar-refractivity contribution in [1.82, 2.24) is 0 Å². The van der Waals surface area contributed by atoms with Crippen molar-refractivity contribution >= 4 is 17.0 Å². The Hall–Kier alpha value is -0.240. The molecule has 1 unspecified atom stereocenters. The second-order valence-corrected chi connectivity index (χ2v) is 3.92. The van der Waals surface area contributed by atoms with Crippen LogP contribution in [0.25, 0.3) is 0 Å². The van der Waals surface area contributed by atoms with Crippen molar-refractivity contribution < 1.29 is 9.53 Å². The van der Waals surface area contributed by atoms with E-state index in [4.69, 9.17) is 16.3 Å². The summed E-state index contributed by atoms with van der Waals surface area (Å²) < 4.78 is 5.00. The van der Waals surface area contributed by atoms with E-state index in [1.165, 1.54) is 19.3 Å². The van der Waals surface area contributed by atoms with Gasteiger partial charge in [-0.3, -0.25) is 0 Å². The predicted octanol–water partition coefficient (Wildman–Crippen LogP) is 4.50. The van der Waals surface area contributed by atoms with Crippen LogP contribution in [0.4, 0.5) is 4.79 Å². The van der Waals surface area contributed by atoms with Gasteiger partial charge in [-0.1, -0.05) is 39.5 Å². The molecule has 2 nitrogen and oxygen atoms in total. The van der Waals surface area contributed by atoms with Gasteiger partial charge in [-0.2, -0.15) is 0 Å². The third-order valence-corrected chi connectivity index (χ3v) is 2.34. The molecular weight excluding hydrogens is 200 g/mol. The van der Waals surface area contributed by atoms with Crippen LogP contribution in [0, 0.1) is 0 Å². The minimum Gasteiger partial charge on any atom is -0.450 e. The summed E-state index contributed by atoms with van der Waals surface area (Å²) in [6.45, 7) is 4.27. The first-order valence-electron chi connectivity index (χ1n) is 5.56. The van der Waals surface area contributed by atoms with Crippen LogP contribution in [0.3, 0.4) is 0 Å². The number of hydrogen-bond donors (Lipinski definition) is 0. The van der Waals surface area contributed by atoms with E-state index in [0.29, 0.717) is 0 Å². The first-order chi connectivity index (χ1) is 6.70. The van der Waals surface area contributed by atoms with Gasteiger partial charge in [-0.05, 0) is 19.3 Å². The average molecular weight is 221 g/mol. The van der Waals surface area contributed by atoms with E-state index in [1.807, 2.05) is 0 Å². The van der Waals surface area contributed by atoms with Crippen molar-refractivity contribution in [2.45, 2.75) is 64.9 Å². The molecule has 1 atom stereocenters. The molecule has 0 rings (SSSR count). The Morgan fingerprint density at radius 3 is 2.36 bits per heavy atom. The van der Waals surface area contributed by atoms with E-state index in [1.54, 1.807) is 0 Å². The molecule has 0 aromatic rings. The zero-order valence-corrected chi connectivity index (χ0v) is 9.98. The molecule has 3 heteroatoms. The molecule has 0 saturated carbocycles. The molecule has 0 aliphatic heterocycles. The molecule has 0 fully saturated rings. The highest BCUT2D eigenvalue weighted by molar-refractivity contribution is 6.61. The molecule has 0 aliphatic rings. The fraction of sp³-hybridized carbons (Fsp3) is 0.909. The first-order valence-corrected chi connectivity index (χ1v) is 5.94. The summed E-state index contributed by atoms with van der Waals surface area (Å²) in [6, 6.07) is 0. The summed E-state index contributed by atoms with van der Waals surface area (Å²) in [4.78, 5) is 10.6. The van der Waals surface area contributed by atoms with Crippen LogP contribution >= 0.6 is 11.6 Å². The number of carbonyl (C=O) groups excluding carboxylic acids is 1. The Labute approximate surface area is 92.0 Å². The molecule has 0 amide bonds. The predicted molar refractivity (Wildman–Crippen MR) is 59.8 cm³/mol. The second-order valence-electron chi connectivity index (χ2n) is 3.62. The highest BCUT2D eigenvalue weighted by atomic mass is 35.5. The zero-order valence-electron chi connectivity index (χ0n) is 9.22. The third kappa shape index (κ3) is 8.36. The van der Waals surface area contributed by atoms with E-state index in [0.717, 1.165) is 25.7 Å². The number of hydrogen-bond acceptors (Lipinski definition) is 2. The lowest BCUT2D eigenvalue weighted by molar-refractivity contribution is 0.107. The molecule has 0 saturated heterocycles. The molecule has 0 aromatic heterocycles. The minimum absolute atomic E-state index is 0.0295. The molecule has 0 heterocycles. The maximum Gasteiger partial charge on any atom is 0.404 e. The van der Waals surface area contributed by atoms with Gasteiger partial charge in [0.15, 0.2) is 0 Å². The summed E-state index contributed by atoms with van der Waals surface area (Å²) in [5.74, 6) is 0. The lowest BCUT2D eigenvalue weighted by Gasteiger charge is -2.14. The van der Waals surface area contributed by atoms with Crippen LogP contribution < -0.4 is 0 Å². The normalized spacial score (nSPS) is 12.5. The summed E-state index contributed by atoms with van der Waals surface area (Å²) in [5.41, 5.74) is -0.668. The number of rotatable bonds is 8. The SMILES string of the molecule is CCCCCCC(CCC)OC(=O)Cl. The van der Waals surface area contributed by atoms with E-state index in [9.17, 15) is 4.79 Å². The Kier molecular flexibility index (Phi) is 9.16. The van der Waals surface area contributed by atoms with Gasteiger partial charge in [0.2, 0.25) is 0 Å². The fourth-order valence-corrected chi connectivity index (χ4v) is 1.64. The van der Waals surface area contributed by atoms with Crippen molar-refractivity contribution in [3.63, 3.8) is 0 Å². The summed E-state index contributed by atoms with van der Waals surface area (Å²) in [5, 5.41) is 0. The van der Waals surface area contributed by atoms with E-state index in [2.05, 4.69) is 13.8 Å². The number of unbranched alkanes of at least 4 members (excludes halogenated alkanes) is 3. The highest BCUT2D eigenvalue weighted by Crippen LogP contribution is 2.14. The molecule has 0 aliphatic carbocycles. The van der Waals surface area contributed by atoms with Gasteiger partial charge in [0.1, 0.15) is 6.10 Å². The van der Waals surface area contributed by atoms with E-state index >= 15 is 0 Å². The van der Waals surface area contributed by atoms with Crippen LogP contribution in [0.15, 0.2) is 0 Å². The fourth-order valence-electron chi connectivity index (χ4n) is 1.51. The molecule has 0 spiro atoms. The Balaban J connectivity index is 3.56. The Bertz CT molecular complexity index is 148. The van der Waals surface area contributed by atoms with Gasteiger partial charge < -0.3 is 4.74 Å². The zero-order chi connectivity index (χ0) is 10.8. The summed E-state index contributed by atoms with van der Waals surface area (Å²) >= 11 is 5.19. The molecule has 84 valence electrons. The van der Waals surface area contributed by atoms with Crippen LogP contribution in [0.1, 0.15) is 58.8 Å². The van der Waals surface area contributed by atoms with Crippen molar-refractivity contribution in [2.75, 3.05) is 0 Å². The van der Waals surface area contributed by atoms with Gasteiger partial charge in [0.25, 0.3) is 0 Å². The topological polar surface area (TPSA) is 26.3 Å². The molecule has 0 aromatic carbocycles. The summed E-state index contributed by atoms with van der Waals surface area (Å²) in [7, 11) is 0. The standard InChI is InChI=1S/C11H21ClO2/c1-3-5-6-7-9-10(8-4-2)14-11(12)13/h10H,3-9H2,1-2H3. The van der Waals surface area contributed by atoms with Gasteiger partial charge in [0.05, 0.1) is 0 Å². The van der Waals surface area contributed by atoms with E-state index in [-0.39, 0.29) is 6.10 Å². The van der Waals surface area contributed by atoms with Gasteiger partial charge in [-0.25, -0.2) is 4.79 Å². The molecule has 0 radical (unpaired) electrons. The lowest BCUT2D eigenvalue weighted by atomic mass is 10.1.